The monoisotopic (exact) mass is 601 g/mol. The van der Waals surface area contributed by atoms with Crippen LogP contribution in [0.25, 0.3) is 0 Å². The molecule has 3 amide bonds. The molecule has 3 atom stereocenters. The number of aryl methyl sites for hydroxylation is 1. The molecular weight excluding hydrogens is 574 g/mol. The number of nitrogens with zero attached hydrogens (tertiary/aromatic N) is 2. The van der Waals surface area contributed by atoms with Gasteiger partial charge in [0.2, 0.25) is 17.7 Å². The van der Waals surface area contributed by atoms with Crippen LogP contribution in [-0.2, 0) is 20.9 Å². The first-order valence-electron chi connectivity index (χ1n) is 13.2. The van der Waals surface area contributed by atoms with Crippen molar-refractivity contribution in [3.8, 4) is 11.5 Å². The van der Waals surface area contributed by atoms with Gasteiger partial charge in [-0.1, -0.05) is 59.0 Å². The van der Waals surface area contributed by atoms with Crippen molar-refractivity contribution in [2.45, 2.75) is 29.7 Å². The number of imide groups is 1. The van der Waals surface area contributed by atoms with E-state index in [9.17, 15) is 19.2 Å². The molecule has 4 aromatic rings. The first kappa shape index (κ1) is 27.8. The number of anilines is 2. The minimum atomic E-state index is -0.786. The van der Waals surface area contributed by atoms with Crippen LogP contribution in [0.4, 0.5) is 11.4 Å². The molecule has 0 saturated carbocycles. The fraction of sp³-hybridized carbons (Fsp3) is 0.226. The van der Waals surface area contributed by atoms with Gasteiger partial charge in [-0.3, -0.25) is 23.7 Å². The highest BCUT2D eigenvalue weighted by Gasteiger charge is 2.57. The fourth-order valence-electron chi connectivity index (χ4n) is 5.48. The van der Waals surface area contributed by atoms with E-state index in [4.69, 9.17) is 9.47 Å². The van der Waals surface area contributed by atoms with E-state index in [1.165, 1.54) is 21.2 Å². The largest absolute Gasteiger partial charge is 0.497 e. The number of aromatic nitrogens is 1. The van der Waals surface area contributed by atoms with Crippen LogP contribution in [0.5, 0.6) is 11.5 Å². The Hall–Kier alpha value is -4.35. The molecule has 0 bridgehead atoms. The number of thiazole rings is 1. The van der Waals surface area contributed by atoms with Gasteiger partial charge in [-0.2, -0.15) is 0 Å². The van der Waals surface area contributed by atoms with E-state index in [2.05, 4.69) is 5.32 Å². The van der Waals surface area contributed by atoms with Crippen molar-refractivity contribution in [2.24, 2.45) is 5.92 Å². The van der Waals surface area contributed by atoms with Crippen LogP contribution in [-0.4, -0.2) is 41.8 Å². The average Bonchev–Trinajstić information content (AvgIpc) is 3.44. The van der Waals surface area contributed by atoms with Gasteiger partial charge >= 0.3 is 4.87 Å². The van der Waals surface area contributed by atoms with Crippen molar-refractivity contribution < 1.29 is 23.9 Å². The Kier molecular flexibility index (Phi) is 7.38. The van der Waals surface area contributed by atoms with Gasteiger partial charge in [0.05, 0.1) is 30.9 Å². The highest BCUT2D eigenvalue weighted by Crippen LogP contribution is 2.55. The highest BCUT2D eigenvalue weighted by atomic mass is 32.2. The highest BCUT2D eigenvalue weighted by molar-refractivity contribution is 8.00. The number of methoxy groups -OCH3 is 2. The number of thioether (sulfide) groups is 1. The van der Waals surface area contributed by atoms with Gasteiger partial charge in [0.15, 0.2) is 0 Å². The topological polar surface area (TPSA) is 107 Å². The Bertz CT molecular complexity index is 1750. The van der Waals surface area contributed by atoms with Gasteiger partial charge in [-0.15, -0.1) is 0 Å². The van der Waals surface area contributed by atoms with Crippen molar-refractivity contribution in [3.05, 3.63) is 98.5 Å². The Morgan fingerprint density at radius 2 is 1.62 bits per heavy atom. The first-order chi connectivity index (χ1) is 20.3. The maximum Gasteiger partial charge on any atom is 0.308 e. The number of ether oxygens (including phenoxy) is 2. The molecule has 2 unspecified atom stereocenters. The lowest BCUT2D eigenvalue weighted by Crippen LogP contribution is -2.33. The summed E-state index contributed by atoms with van der Waals surface area (Å²) >= 11 is 2.17. The zero-order valence-corrected chi connectivity index (χ0v) is 24.7. The average molecular weight is 602 g/mol. The maximum absolute atomic E-state index is 14.0. The van der Waals surface area contributed by atoms with Gasteiger partial charge in [-0.05, 0) is 49.4 Å². The van der Waals surface area contributed by atoms with E-state index in [1.54, 1.807) is 56.7 Å². The molecular formula is C31H27N3O6S2. The SMILES string of the molecule is COc1ccc(NC(=O)Cn2c3c(sc2=O)[C@H](c2ccccc2OC)C2C(=O)N(c4ccc(C)cc4)C(=O)C2S3)cc1. The molecule has 3 heterocycles. The van der Waals surface area contributed by atoms with Crippen LogP contribution in [0.1, 0.15) is 21.9 Å². The first-order valence-corrected chi connectivity index (χ1v) is 14.9. The maximum atomic E-state index is 14.0. The zero-order valence-electron chi connectivity index (χ0n) is 23.0. The lowest BCUT2D eigenvalue weighted by Gasteiger charge is -2.31. The second-order valence-electron chi connectivity index (χ2n) is 10.0. The smallest absolute Gasteiger partial charge is 0.308 e. The van der Waals surface area contributed by atoms with E-state index in [-0.39, 0.29) is 23.2 Å². The van der Waals surface area contributed by atoms with Gasteiger partial charge in [0.1, 0.15) is 23.3 Å². The summed E-state index contributed by atoms with van der Waals surface area (Å²) in [5.41, 5.74) is 2.78. The number of para-hydroxylation sites is 1. The predicted octanol–water partition coefficient (Wildman–Crippen LogP) is 4.67. The zero-order chi connectivity index (χ0) is 29.5. The third-order valence-corrected chi connectivity index (χ3v) is 10.1. The van der Waals surface area contributed by atoms with Crippen molar-refractivity contribution >= 4 is 52.2 Å². The van der Waals surface area contributed by atoms with E-state index >= 15 is 0 Å². The summed E-state index contributed by atoms with van der Waals surface area (Å²) in [5.74, 6) is -1.23. The number of nitrogens with one attached hydrogen (secondary N) is 1. The number of rotatable bonds is 7. The molecule has 0 aliphatic carbocycles. The molecule has 1 aromatic heterocycles. The van der Waals surface area contributed by atoms with E-state index in [1.807, 2.05) is 37.3 Å². The molecule has 9 nitrogen and oxygen atoms in total. The van der Waals surface area contributed by atoms with E-state index in [0.717, 1.165) is 16.9 Å². The molecule has 6 rings (SSSR count). The summed E-state index contributed by atoms with van der Waals surface area (Å²) in [6, 6.07) is 21.5. The van der Waals surface area contributed by atoms with Crippen molar-refractivity contribution in [1.29, 1.82) is 0 Å². The number of fused-ring (bicyclic) bond motifs is 2. The van der Waals surface area contributed by atoms with Crippen LogP contribution < -0.4 is 24.6 Å². The van der Waals surface area contributed by atoms with Crippen molar-refractivity contribution in [1.82, 2.24) is 4.57 Å². The van der Waals surface area contributed by atoms with Crippen LogP contribution in [0.2, 0.25) is 0 Å². The number of hydrogen-bond acceptors (Lipinski definition) is 8. The molecule has 1 saturated heterocycles. The molecule has 1 fully saturated rings. The molecule has 2 aliphatic rings. The number of amides is 3. The quantitative estimate of drug-likeness (QED) is 0.307. The minimum absolute atomic E-state index is 0.246. The third-order valence-electron chi connectivity index (χ3n) is 7.49. The van der Waals surface area contributed by atoms with Crippen LogP contribution >= 0.6 is 23.1 Å². The Balaban J connectivity index is 1.41. The predicted molar refractivity (Wildman–Crippen MR) is 162 cm³/mol. The number of benzene rings is 3. The number of hydrogen-bond donors (Lipinski definition) is 1. The number of carbonyl (C=O) groups excluding carboxylic acids is 3. The van der Waals surface area contributed by atoms with Crippen LogP contribution in [0.15, 0.2) is 82.6 Å². The fourth-order valence-corrected chi connectivity index (χ4v) is 8.24. The second kappa shape index (κ2) is 11.1. The number of carbonyl (C=O) groups is 3. The third kappa shape index (κ3) is 4.78. The minimum Gasteiger partial charge on any atom is -0.497 e. The van der Waals surface area contributed by atoms with Gasteiger partial charge in [0.25, 0.3) is 0 Å². The molecule has 3 aromatic carbocycles. The summed E-state index contributed by atoms with van der Waals surface area (Å²) in [6.45, 7) is 1.69. The second-order valence-corrected chi connectivity index (χ2v) is 12.2. The van der Waals surface area contributed by atoms with E-state index < -0.39 is 23.0 Å². The van der Waals surface area contributed by atoms with Gasteiger partial charge in [0, 0.05) is 22.0 Å². The molecule has 0 spiro atoms. The summed E-state index contributed by atoms with van der Waals surface area (Å²) in [6.07, 6.45) is 0. The molecule has 214 valence electrons. The Morgan fingerprint density at radius 3 is 2.31 bits per heavy atom. The van der Waals surface area contributed by atoms with Crippen molar-refractivity contribution in [3.63, 3.8) is 0 Å². The van der Waals surface area contributed by atoms with Crippen LogP contribution in [0, 0.1) is 12.8 Å². The normalized spacial score (nSPS) is 19.3. The van der Waals surface area contributed by atoms with E-state index in [0.29, 0.717) is 38.3 Å². The summed E-state index contributed by atoms with van der Waals surface area (Å²) in [5, 5.41) is 2.54. The van der Waals surface area contributed by atoms with Gasteiger partial charge in [-0.25, -0.2) is 4.90 Å². The lowest BCUT2D eigenvalue weighted by molar-refractivity contribution is -0.122. The summed E-state index contributed by atoms with van der Waals surface area (Å²) in [4.78, 5) is 55.9. The lowest BCUT2D eigenvalue weighted by atomic mass is 9.82. The Labute approximate surface area is 250 Å². The standard InChI is InChI=1S/C31H27N3O6S2/c1-17-8-12-19(13-9-17)34-28(36)25-24(21-6-4-5-7-22(21)40-3)27-30(41-26(25)29(34)37)33(31(38)42-27)16-23(35)32-18-10-14-20(39-2)15-11-18/h4-15,24-26H,16H2,1-3H3,(H,32,35)/t24-,25?,26?/m1/s1. The Morgan fingerprint density at radius 1 is 0.905 bits per heavy atom. The van der Waals surface area contributed by atoms with Gasteiger partial charge < -0.3 is 14.8 Å². The molecule has 11 heteroatoms. The molecule has 1 N–H and O–H groups in total. The summed E-state index contributed by atoms with van der Waals surface area (Å²) < 4.78 is 12.2. The van der Waals surface area contributed by atoms with Crippen LogP contribution in [0.3, 0.4) is 0 Å². The molecule has 0 radical (unpaired) electrons. The summed E-state index contributed by atoms with van der Waals surface area (Å²) in [7, 11) is 3.11. The van der Waals surface area contributed by atoms with Crippen molar-refractivity contribution in [2.75, 3.05) is 24.4 Å². The molecule has 2 aliphatic heterocycles. The molecule has 42 heavy (non-hydrogen) atoms.